The predicted molar refractivity (Wildman–Crippen MR) is 127 cm³/mol. The first kappa shape index (κ1) is 22.0. The van der Waals surface area contributed by atoms with E-state index in [2.05, 4.69) is 51.4 Å². The molecular weight excluding hydrogens is 428 g/mol. The van der Waals surface area contributed by atoms with Crippen molar-refractivity contribution >= 4 is 28.8 Å². The molecule has 3 aromatic rings. The fraction of sp³-hybridized carbons (Fsp3) is 0.333. The third kappa shape index (κ3) is 6.37. The van der Waals surface area contributed by atoms with E-state index in [1.165, 1.54) is 5.56 Å². The average Bonchev–Trinajstić information content (AvgIpc) is 3.24. The summed E-state index contributed by atoms with van der Waals surface area (Å²) in [5.74, 6) is -0.0330. The summed E-state index contributed by atoms with van der Waals surface area (Å²) in [6.45, 7) is 5.98. The summed E-state index contributed by atoms with van der Waals surface area (Å²) >= 11 is 7.47. The molecule has 1 aliphatic heterocycles. The highest BCUT2D eigenvalue weighted by molar-refractivity contribution is 7.13. The van der Waals surface area contributed by atoms with E-state index in [9.17, 15) is 4.79 Å². The van der Waals surface area contributed by atoms with Crippen molar-refractivity contribution in [3.05, 3.63) is 75.8 Å². The van der Waals surface area contributed by atoms with E-state index >= 15 is 0 Å². The van der Waals surface area contributed by atoms with Gasteiger partial charge in [0.15, 0.2) is 0 Å². The molecule has 7 heteroatoms. The normalized spacial score (nSPS) is 15.2. The highest BCUT2D eigenvalue weighted by atomic mass is 35.5. The minimum Gasteiger partial charge on any atom is -0.352 e. The second-order valence-electron chi connectivity index (χ2n) is 8.00. The Kier molecular flexibility index (Phi) is 7.35. The molecule has 5 nitrogen and oxygen atoms in total. The topological polar surface area (TPSA) is 48.5 Å². The van der Waals surface area contributed by atoms with Crippen molar-refractivity contribution in [2.24, 2.45) is 0 Å². The van der Waals surface area contributed by atoms with Crippen molar-refractivity contribution in [3.8, 4) is 10.6 Å². The first-order valence-corrected chi connectivity index (χ1v) is 11.8. The molecule has 31 heavy (non-hydrogen) atoms. The number of piperazine rings is 1. The van der Waals surface area contributed by atoms with Crippen LogP contribution in [0.2, 0.25) is 5.02 Å². The van der Waals surface area contributed by atoms with Crippen molar-refractivity contribution < 1.29 is 4.79 Å². The number of halogens is 1. The first-order valence-electron chi connectivity index (χ1n) is 10.5. The number of nitrogens with zero attached hydrogens (tertiary/aromatic N) is 3. The van der Waals surface area contributed by atoms with E-state index in [1.807, 2.05) is 29.6 Å². The van der Waals surface area contributed by atoms with Crippen LogP contribution in [0.25, 0.3) is 10.6 Å². The lowest BCUT2D eigenvalue weighted by Gasteiger charge is -2.32. The number of aromatic nitrogens is 1. The van der Waals surface area contributed by atoms with Crippen LogP contribution in [-0.4, -0.2) is 53.9 Å². The van der Waals surface area contributed by atoms with E-state index in [1.54, 1.807) is 11.3 Å². The van der Waals surface area contributed by atoms with Crippen molar-refractivity contribution in [1.29, 1.82) is 0 Å². The van der Waals surface area contributed by atoms with E-state index in [0.717, 1.165) is 54.6 Å². The molecule has 4 rings (SSSR count). The first-order chi connectivity index (χ1) is 15.0. The van der Waals surface area contributed by atoms with Gasteiger partial charge in [0.25, 0.3) is 0 Å². The van der Waals surface area contributed by atoms with Gasteiger partial charge in [0, 0.05) is 55.2 Å². The highest BCUT2D eigenvalue weighted by Gasteiger charge is 2.14. The Bertz CT molecular complexity index is 995. The maximum absolute atomic E-state index is 12.3. The van der Waals surface area contributed by atoms with Gasteiger partial charge in [-0.3, -0.25) is 9.69 Å². The summed E-state index contributed by atoms with van der Waals surface area (Å²) in [6, 6.07) is 16.1. The molecular formula is C24H27ClN4OS. The van der Waals surface area contributed by atoms with Gasteiger partial charge >= 0.3 is 0 Å². The van der Waals surface area contributed by atoms with Crippen LogP contribution in [0.5, 0.6) is 0 Å². The Morgan fingerprint density at radius 1 is 1.03 bits per heavy atom. The second kappa shape index (κ2) is 10.4. The van der Waals surface area contributed by atoms with Crippen LogP contribution in [0.15, 0.2) is 53.9 Å². The van der Waals surface area contributed by atoms with E-state index in [0.29, 0.717) is 11.6 Å². The molecule has 1 aromatic heterocycles. The number of benzene rings is 2. The molecule has 0 saturated carbocycles. The number of carbonyl (C=O) groups is 1. The van der Waals surface area contributed by atoms with Crippen LogP contribution in [-0.2, 0) is 24.3 Å². The molecule has 0 bridgehead atoms. The van der Waals surface area contributed by atoms with Gasteiger partial charge in [-0.15, -0.1) is 11.3 Å². The summed E-state index contributed by atoms with van der Waals surface area (Å²) in [6.07, 6.45) is 0.283. The number of likely N-dealkylation sites (N-methyl/N-ethyl adjacent to an activating group) is 1. The quantitative estimate of drug-likeness (QED) is 0.584. The zero-order valence-electron chi connectivity index (χ0n) is 17.7. The molecule has 0 unspecified atom stereocenters. The van der Waals surface area contributed by atoms with Crippen LogP contribution in [0.4, 0.5) is 0 Å². The summed E-state index contributed by atoms with van der Waals surface area (Å²) in [5.41, 5.74) is 4.25. The fourth-order valence-corrected chi connectivity index (χ4v) is 4.52. The number of rotatable bonds is 7. The Morgan fingerprint density at radius 2 is 1.71 bits per heavy atom. The Morgan fingerprint density at radius 3 is 2.42 bits per heavy atom. The van der Waals surface area contributed by atoms with Gasteiger partial charge in [-0.25, -0.2) is 4.98 Å². The zero-order chi connectivity index (χ0) is 21.6. The van der Waals surface area contributed by atoms with Crippen LogP contribution >= 0.6 is 22.9 Å². The monoisotopic (exact) mass is 454 g/mol. The molecule has 0 aliphatic carbocycles. The minimum absolute atomic E-state index is 0.0330. The summed E-state index contributed by atoms with van der Waals surface area (Å²) in [4.78, 5) is 21.8. The van der Waals surface area contributed by atoms with Crippen molar-refractivity contribution in [2.75, 3.05) is 33.2 Å². The maximum atomic E-state index is 12.3. The third-order valence-corrected chi connectivity index (χ3v) is 6.69. The molecule has 2 heterocycles. The molecule has 0 spiro atoms. The van der Waals surface area contributed by atoms with Gasteiger partial charge in [0.2, 0.25) is 5.91 Å². The van der Waals surface area contributed by atoms with E-state index in [-0.39, 0.29) is 12.3 Å². The predicted octanol–water partition coefficient (Wildman–Crippen LogP) is 4.07. The standard InChI is InChI=1S/C24H27ClN4OS/c1-28-10-12-29(13-11-28)16-19-2-6-20(7-3-19)24-27-22(17-31-24)14-23(30)26-15-18-4-8-21(25)9-5-18/h2-9,17H,10-16H2,1H3,(H,26,30). The summed E-state index contributed by atoms with van der Waals surface area (Å²) in [7, 11) is 2.18. The van der Waals surface area contributed by atoms with Gasteiger partial charge in [-0.05, 0) is 30.3 Å². The van der Waals surface area contributed by atoms with Gasteiger partial charge < -0.3 is 10.2 Å². The van der Waals surface area contributed by atoms with E-state index < -0.39 is 0 Å². The lowest BCUT2D eigenvalue weighted by Crippen LogP contribution is -2.43. The number of hydrogen-bond donors (Lipinski definition) is 1. The van der Waals surface area contributed by atoms with Crippen LogP contribution < -0.4 is 5.32 Å². The van der Waals surface area contributed by atoms with Crippen molar-refractivity contribution in [1.82, 2.24) is 20.1 Å². The minimum atomic E-state index is -0.0330. The fourth-order valence-electron chi connectivity index (χ4n) is 3.57. The molecule has 0 atom stereocenters. The van der Waals surface area contributed by atoms with Crippen LogP contribution in [0.3, 0.4) is 0 Å². The molecule has 1 aliphatic rings. The number of carbonyl (C=O) groups excluding carboxylic acids is 1. The van der Waals surface area contributed by atoms with Crippen molar-refractivity contribution in [2.45, 2.75) is 19.5 Å². The van der Waals surface area contributed by atoms with Crippen LogP contribution in [0.1, 0.15) is 16.8 Å². The summed E-state index contributed by atoms with van der Waals surface area (Å²) in [5, 5.41) is 6.55. The summed E-state index contributed by atoms with van der Waals surface area (Å²) < 4.78 is 0. The molecule has 1 N–H and O–H groups in total. The Balaban J connectivity index is 1.28. The van der Waals surface area contributed by atoms with Gasteiger partial charge in [0.1, 0.15) is 5.01 Å². The smallest absolute Gasteiger partial charge is 0.226 e. The lowest BCUT2D eigenvalue weighted by atomic mass is 10.1. The van der Waals surface area contributed by atoms with Gasteiger partial charge in [-0.2, -0.15) is 0 Å². The largest absolute Gasteiger partial charge is 0.352 e. The van der Waals surface area contributed by atoms with E-state index in [4.69, 9.17) is 11.6 Å². The third-order valence-electron chi connectivity index (χ3n) is 5.50. The Hall–Kier alpha value is -2.25. The van der Waals surface area contributed by atoms with Crippen LogP contribution in [0, 0.1) is 0 Å². The highest BCUT2D eigenvalue weighted by Crippen LogP contribution is 2.24. The number of nitrogens with one attached hydrogen (secondary N) is 1. The number of hydrogen-bond acceptors (Lipinski definition) is 5. The van der Waals surface area contributed by atoms with Crippen molar-refractivity contribution in [3.63, 3.8) is 0 Å². The lowest BCUT2D eigenvalue weighted by molar-refractivity contribution is -0.120. The van der Waals surface area contributed by atoms with Gasteiger partial charge in [-0.1, -0.05) is 48.0 Å². The maximum Gasteiger partial charge on any atom is 0.226 e. The zero-order valence-corrected chi connectivity index (χ0v) is 19.3. The molecule has 2 aromatic carbocycles. The molecule has 162 valence electrons. The molecule has 1 amide bonds. The SMILES string of the molecule is CN1CCN(Cc2ccc(-c3nc(CC(=O)NCc4ccc(Cl)cc4)cs3)cc2)CC1. The molecule has 1 saturated heterocycles. The molecule has 1 fully saturated rings. The number of thiazole rings is 1. The Labute approximate surface area is 192 Å². The second-order valence-corrected chi connectivity index (χ2v) is 9.29. The number of amides is 1. The molecule has 0 radical (unpaired) electrons. The van der Waals surface area contributed by atoms with Gasteiger partial charge in [0.05, 0.1) is 12.1 Å². The average molecular weight is 455 g/mol.